The first-order valence-electron chi connectivity index (χ1n) is 9.73. The molecule has 2 aromatic carbocycles. The summed E-state index contributed by atoms with van der Waals surface area (Å²) < 4.78 is 8.34. The van der Waals surface area contributed by atoms with Gasteiger partial charge < -0.3 is 9.22 Å². The van der Waals surface area contributed by atoms with Crippen LogP contribution in [0.1, 0.15) is 12.5 Å². The van der Waals surface area contributed by atoms with Gasteiger partial charge in [0.05, 0.1) is 32.5 Å². The standard InChI is InChI=1S/C23H26N3O2S/c1-16(14-26(2,3)4)28-19-11-9-18(10-12-19)25-22(27)13-17-15-29-21-8-6-5-7-20(21)23(17)24-25/h5-13,16H,14-15H2,1-4H3/q+1. The maximum Gasteiger partial charge on any atom is 0.271 e. The van der Waals surface area contributed by atoms with Crippen molar-refractivity contribution in [2.45, 2.75) is 23.7 Å². The maximum atomic E-state index is 12.7. The number of rotatable bonds is 5. The number of quaternary nitrogens is 1. The van der Waals surface area contributed by atoms with E-state index in [-0.39, 0.29) is 11.7 Å². The molecule has 1 aliphatic heterocycles. The molecule has 1 atom stereocenters. The molecule has 0 bridgehead atoms. The summed E-state index contributed by atoms with van der Waals surface area (Å²) in [6.45, 7) is 2.98. The Kier molecular flexibility index (Phi) is 5.23. The first-order valence-corrected chi connectivity index (χ1v) is 10.7. The minimum absolute atomic E-state index is 0.0967. The number of thioether (sulfide) groups is 1. The van der Waals surface area contributed by atoms with Gasteiger partial charge in [-0.2, -0.15) is 9.78 Å². The predicted molar refractivity (Wildman–Crippen MR) is 118 cm³/mol. The van der Waals surface area contributed by atoms with Crippen molar-refractivity contribution in [2.24, 2.45) is 0 Å². The Balaban J connectivity index is 1.62. The second kappa shape index (κ2) is 7.69. The number of nitrogens with zero attached hydrogens (tertiary/aromatic N) is 3. The molecule has 0 N–H and O–H groups in total. The lowest BCUT2D eigenvalue weighted by molar-refractivity contribution is -0.872. The van der Waals surface area contributed by atoms with Crippen molar-refractivity contribution in [1.29, 1.82) is 0 Å². The van der Waals surface area contributed by atoms with E-state index in [1.807, 2.05) is 36.4 Å². The Morgan fingerprint density at radius 2 is 1.86 bits per heavy atom. The lowest BCUT2D eigenvalue weighted by Gasteiger charge is -2.27. The van der Waals surface area contributed by atoms with Gasteiger partial charge in [-0.1, -0.05) is 18.2 Å². The Morgan fingerprint density at radius 3 is 2.59 bits per heavy atom. The van der Waals surface area contributed by atoms with Crippen LogP contribution in [-0.4, -0.2) is 48.1 Å². The normalized spacial score (nSPS) is 14.1. The van der Waals surface area contributed by atoms with E-state index in [2.05, 4.69) is 40.2 Å². The van der Waals surface area contributed by atoms with Gasteiger partial charge in [-0.05, 0) is 42.8 Å². The Labute approximate surface area is 175 Å². The van der Waals surface area contributed by atoms with Crippen molar-refractivity contribution in [3.05, 3.63) is 70.5 Å². The van der Waals surface area contributed by atoms with Gasteiger partial charge in [-0.25, -0.2) is 0 Å². The highest BCUT2D eigenvalue weighted by molar-refractivity contribution is 7.98. The van der Waals surface area contributed by atoms with Crippen molar-refractivity contribution < 1.29 is 9.22 Å². The van der Waals surface area contributed by atoms with Gasteiger partial charge in [0.15, 0.2) is 0 Å². The van der Waals surface area contributed by atoms with Crippen LogP contribution in [0, 0.1) is 0 Å². The number of ether oxygens (including phenoxy) is 1. The quantitative estimate of drug-likeness (QED) is 0.599. The van der Waals surface area contributed by atoms with Crippen LogP contribution in [0.5, 0.6) is 5.75 Å². The van der Waals surface area contributed by atoms with Gasteiger partial charge in [-0.3, -0.25) is 4.79 Å². The predicted octanol–water partition coefficient (Wildman–Crippen LogP) is 3.98. The zero-order valence-corrected chi connectivity index (χ0v) is 18.1. The molecule has 0 aliphatic carbocycles. The molecule has 0 fully saturated rings. The number of fused-ring (bicyclic) bond motifs is 3. The van der Waals surface area contributed by atoms with Crippen LogP contribution in [0.4, 0.5) is 0 Å². The molecule has 6 heteroatoms. The summed E-state index contributed by atoms with van der Waals surface area (Å²) >= 11 is 1.75. The molecule has 5 nitrogen and oxygen atoms in total. The van der Waals surface area contributed by atoms with Crippen molar-refractivity contribution in [3.63, 3.8) is 0 Å². The lowest BCUT2D eigenvalue weighted by Crippen LogP contribution is -2.42. The smallest absolute Gasteiger partial charge is 0.271 e. The highest BCUT2D eigenvalue weighted by Gasteiger charge is 2.20. The van der Waals surface area contributed by atoms with Crippen LogP contribution in [0.25, 0.3) is 16.9 Å². The molecular formula is C23H26N3O2S+. The number of likely N-dealkylation sites (N-methyl/N-ethyl adjacent to an activating group) is 1. The van der Waals surface area contributed by atoms with Gasteiger partial charge in [0.1, 0.15) is 18.4 Å². The fraction of sp³-hybridized carbons (Fsp3) is 0.304. The summed E-state index contributed by atoms with van der Waals surface area (Å²) in [6.07, 6.45) is 0.0967. The summed E-state index contributed by atoms with van der Waals surface area (Å²) in [6, 6.07) is 17.5. The van der Waals surface area contributed by atoms with E-state index < -0.39 is 0 Å². The zero-order chi connectivity index (χ0) is 20.6. The van der Waals surface area contributed by atoms with Crippen molar-refractivity contribution in [1.82, 2.24) is 9.78 Å². The molecule has 1 unspecified atom stereocenters. The number of aromatic nitrogens is 2. The Bertz CT molecular complexity index is 1080. The Hall–Kier alpha value is -2.57. The summed E-state index contributed by atoms with van der Waals surface area (Å²) in [4.78, 5) is 13.9. The highest BCUT2D eigenvalue weighted by Crippen LogP contribution is 2.39. The summed E-state index contributed by atoms with van der Waals surface area (Å²) in [5.74, 6) is 1.56. The van der Waals surface area contributed by atoms with Crippen molar-refractivity contribution >= 4 is 11.8 Å². The fourth-order valence-corrected chi connectivity index (χ4v) is 4.69. The topological polar surface area (TPSA) is 44.1 Å². The van der Waals surface area contributed by atoms with Gasteiger partial charge in [0.25, 0.3) is 5.56 Å². The molecule has 0 radical (unpaired) electrons. The first-order chi connectivity index (χ1) is 13.8. The van der Waals surface area contributed by atoms with Gasteiger partial charge in [-0.15, -0.1) is 11.8 Å². The average molecular weight is 409 g/mol. The van der Waals surface area contributed by atoms with Crippen LogP contribution < -0.4 is 10.3 Å². The molecule has 29 heavy (non-hydrogen) atoms. The Morgan fingerprint density at radius 1 is 1.14 bits per heavy atom. The van der Waals surface area contributed by atoms with Crippen LogP contribution >= 0.6 is 11.8 Å². The molecule has 150 valence electrons. The second-order valence-corrected chi connectivity index (χ2v) is 9.47. The summed E-state index contributed by atoms with van der Waals surface area (Å²) in [7, 11) is 6.44. The van der Waals surface area contributed by atoms with Crippen LogP contribution in [0.15, 0.2) is 64.3 Å². The summed E-state index contributed by atoms with van der Waals surface area (Å²) in [5.41, 5.74) is 3.58. The van der Waals surface area contributed by atoms with E-state index in [4.69, 9.17) is 9.84 Å². The van der Waals surface area contributed by atoms with E-state index in [1.54, 1.807) is 17.8 Å². The SMILES string of the molecule is CC(C[N+](C)(C)C)Oc1ccc(-n2nc3c(cc2=O)CSc2ccccc2-3)cc1. The highest BCUT2D eigenvalue weighted by atomic mass is 32.2. The maximum absolute atomic E-state index is 12.7. The molecule has 1 aliphatic rings. The van der Waals surface area contributed by atoms with Gasteiger partial charge in [0, 0.05) is 22.3 Å². The molecular weight excluding hydrogens is 382 g/mol. The van der Waals surface area contributed by atoms with Gasteiger partial charge >= 0.3 is 0 Å². The minimum Gasteiger partial charge on any atom is -0.485 e. The molecule has 3 aromatic rings. The summed E-state index contributed by atoms with van der Waals surface area (Å²) in [5, 5.41) is 4.71. The van der Waals surface area contributed by atoms with Crippen molar-refractivity contribution in [2.75, 3.05) is 27.7 Å². The lowest BCUT2D eigenvalue weighted by atomic mass is 10.1. The monoisotopic (exact) mass is 408 g/mol. The molecule has 2 heterocycles. The van der Waals surface area contributed by atoms with E-state index in [0.717, 1.165) is 45.0 Å². The third-order valence-corrected chi connectivity index (χ3v) is 5.88. The average Bonchev–Trinajstić information content (AvgIpc) is 2.66. The molecule has 0 spiro atoms. The number of hydrogen-bond donors (Lipinski definition) is 0. The van der Waals surface area contributed by atoms with Gasteiger partial charge in [0.2, 0.25) is 0 Å². The largest absolute Gasteiger partial charge is 0.485 e. The van der Waals surface area contributed by atoms with Crippen LogP contribution in [0.3, 0.4) is 0 Å². The third kappa shape index (κ3) is 4.38. The zero-order valence-electron chi connectivity index (χ0n) is 17.3. The minimum atomic E-state index is -0.115. The van der Waals surface area contributed by atoms with E-state index in [9.17, 15) is 4.79 Å². The fourth-order valence-electron chi connectivity index (χ4n) is 3.66. The van der Waals surface area contributed by atoms with Crippen LogP contribution in [0.2, 0.25) is 0 Å². The molecule has 1 aromatic heterocycles. The molecule has 0 saturated heterocycles. The van der Waals surface area contributed by atoms with E-state index in [1.165, 1.54) is 9.58 Å². The van der Waals surface area contributed by atoms with Crippen LogP contribution in [-0.2, 0) is 5.75 Å². The molecule has 0 amide bonds. The van der Waals surface area contributed by atoms with E-state index in [0.29, 0.717) is 0 Å². The first kappa shape index (κ1) is 19.7. The third-order valence-electron chi connectivity index (χ3n) is 4.76. The number of hydrogen-bond acceptors (Lipinski definition) is 4. The van der Waals surface area contributed by atoms with Crippen molar-refractivity contribution in [3.8, 4) is 22.7 Å². The molecule has 4 rings (SSSR count). The molecule has 0 saturated carbocycles. The number of benzene rings is 2. The van der Waals surface area contributed by atoms with E-state index >= 15 is 0 Å². The second-order valence-electron chi connectivity index (χ2n) is 8.45.